The van der Waals surface area contributed by atoms with Crippen molar-refractivity contribution in [2.45, 2.75) is 6.61 Å². The predicted molar refractivity (Wildman–Crippen MR) is 122 cm³/mol. The Labute approximate surface area is 194 Å². The number of nitrogens with two attached hydrogens (primary N) is 1. The molecule has 0 bridgehead atoms. The van der Waals surface area contributed by atoms with E-state index in [4.69, 9.17) is 36.1 Å². The Bertz CT molecular complexity index is 1240. The van der Waals surface area contributed by atoms with Gasteiger partial charge in [-0.25, -0.2) is 0 Å². The van der Waals surface area contributed by atoms with Crippen molar-refractivity contribution in [3.63, 3.8) is 0 Å². The minimum absolute atomic E-state index is 0.187. The van der Waals surface area contributed by atoms with Gasteiger partial charge in [0, 0.05) is 21.7 Å². The van der Waals surface area contributed by atoms with Gasteiger partial charge in [0.2, 0.25) is 5.82 Å². The number of methoxy groups -OCH3 is 1. The van der Waals surface area contributed by atoms with Gasteiger partial charge < -0.3 is 24.5 Å². The van der Waals surface area contributed by atoms with E-state index in [0.29, 0.717) is 34.0 Å². The summed E-state index contributed by atoms with van der Waals surface area (Å²) < 4.78 is 22.0. The molecule has 1 amide bonds. The van der Waals surface area contributed by atoms with Crippen LogP contribution >= 0.6 is 11.6 Å². The Balaban J connectivity index is 1.50. The van der Waals surface area contributed by atoms with Gasteiger partial charge in [0.25, 0.3) is 11.8 Å². The fourth-order valence-corrected chi connectivity index (χ4v) is 3.15. The summed E-state index contributed by atoms with van der Waals surface area (Å²) in [5.41, 5.74) is 7.37. The van der Waals surface area contributed by atoms with Crippen molar-refractivity contribution in [1.82, 2.24) is 10.1 Å². The van der Waals surface area contributed by atoms with Crippen LogP contribution in [0.1, 0.15) is 5.56 Å². The zero-order chi connectivity index (χ0) is 23.2. The van der Waals surface area contributed by atoms with E-state index in [1.54, 1.807) is 55.6 Å². The van der Waals surface area contributed by atoms with Crippen LogP contribution in [0.4, 0.5) is 0 Å². The maximum Gasteiger partial charge on any atom is 0.258 e. The minimum atomic E-state index is -0.542. The number of benzene rings is 3. The van der Waals surface area contributed by atoms with Crippen molar-refractivity contribution in [3.05, 3.63) is 77.3 Å². The maximum atomic E-state index is 10.8. The number of aromatic nitrogens is 2. The van der Waals surface area contributed by atoms with Crippen LogP contribution < -0.4 is 19.9 Å². The number of amides is 1. The highest BCUT2D eigenvalue weighted by molar-refractivity contribution is 6.30. The summed E-state index contributed by atoms with van der Waals surface area (Å²) in [6, 6.07) is 19.6. The molecule has 0 radical (unpaired) electrons. The SMILES string of the molecule is COc1ccc(-c2nc(-c3ccc(OCC(N)=O)cc3)no2)cc1COc1ccc(Cl)cc1. The van der Waals surface area contributed by atoms with E-state index in [0.717, 1.165) is 16.7 Å². The Kier molecular flexibility index (Phi) is 6.75. The summed E-state index contributed by atoms with van der Waals surface area (Å²) in [5.74, 6) is 2.12. The van der Waals surface area contributed by atoms with Crippen LogP contribution in [0.15, 0.2) is 71.3 Å². The van der Waals surface area contributed by atoms with Crippen molar-refractivity contribution in [2.75, 3.05) is 13.7 Å². The molecule has 168 valence electrons. The second-order valence-electron chi connectivity index (χ2n) is 6.97. The topological polar surface area (TPSA) is 110 Å². The highest BCUT2D eigenvalue weighted by Gasteiger charge is 2.14. The van der Waals surface area contributed by atoms with Gasteiger partial charge in [-0.15, -0.1) is 0 Å². The van der Waals surface area contributed by atoms with Crippen LogP contribution in [0, 0.1) is 0 Å². The van der Waals surface area contributed by atoms with Crippen molar-refractivity contribution in [2.24, 2.45) is 5.73 Å². The summed E-state index contributed by atoms with van der Waals surface area (Å²) in [6.45, 7) is 0.0969. The summed E-state index contributed by atoms with van der Waals surface area (Å²) in [4.78, 5) is 15.3. The molecule has 0 unspecified atom stereocenters. The molecule has 33 heavy (non-hydrogen) atoms. The maximum absolute atomic E-state index is 10.8. The molecule has 2 N–H and O–H groups in total. The molecule has 0 spiro atoms. The van der Waals surface area contributed by atoms with Gasteiger partial charge in [-0.3, -0.25) is 4.79 Å². The van der Waals surface area contributed by atoms with Crippen molar-refractivity contribution in [1.29, 1.82) is 0 Å². The van der Waals surface area contributed by atoms with E-state index in [-0.39, 0.29) is 13.2 Å². The quantitative estimate of drug-likeness (QED) is 0.387. The lowest BCUT2D eigenvalue weighted by Crippen LogP contribution is -2.19. The fourth-order valence-electron chi connectivity index (χ4n) is 3.03. The van der Waals surface area contributed by atoms with E-state index in [1.165, 1.54) is 0 Å². The first-order valence-corrected chi connectivity index (χ1v) is 10.3. The number of nitrogens with zero attached hydrogens (tertiary/aromatic N) is 2. The molecule has 0 fully saturated rings. The van der Waals surface area contributed by atoms with Crippen molar-refractivity contribution >= 4 is 17.5 Å². The molecule has 4 aromatic rings. The Morgan fingerprint density at radius 2 is 1.64 bits per heavy atom. The van der Waals surface area contributed by atoms with E-state index in [2.05, 4.69) is 10.1 Å². The third kappa shape index (κ3) is 5.61. The van der Waals surface area contributed by atoms with E-state index < -0.39 is 5.91 Å². The molecule has 1 aromatic heterocycles. The number of carbonyl (C=O) groups excluding carboxylic acids is 1. The third-order valence-corrected chi connectivity index (χ3v) is 4.91. The molecule has 0 aliphatic carbocycles. The molecule has 0 aliphatic heterocycles. The summed E-state index contributed by atoms with van der Waals surface area (Å²) in [5, 5.41) is 4.71. The van der Waals surface area contributed by atoms with Gasteiger partial charge in [-0.05, 0) is 66.7 Å². The largest absolute Gasteiger partial charge is 0.496 e. The van der Waals surface area contributed by atoms with Gasteiger partial charge in [0.1, 0.15) is 23.9 Å². The lowest BCUT2D eigenvalue weighted by molar-refractivity contribution is -0.119. The zero-order valence-corrected chi connectivity index (χ0v) is 18.4. The van der Waals surface area contributed by atoms with Crippen LogP contribution in [-0.2, 0) is 11.4 Å². The number of hydrogen-bond donors (Lipinski definition) is 1. The summed E-state index contributed by atoms with van der Waals surface area (Å²) in [6.07, 6.45) is 0. The summed E-state index contributed by atoms with van der Waals surface area (Å²) >= 11 is 5.92. The van der Waals surface area contributed by atoms with Gasteiger partial charge in [-0.2, -0.15) is 4.98 Å². The van der Waals surface area contributed by atoms with Crippen LogP contribution in [-0.4, -0.2) is 29.8 Å². The molecule has 9 heteroatoms. The van der Waals surface area contributed by atoms with Crippen LogP contribution in [0.25, 0.3) is 22.8 Å². The van der Waals surface area contributed by atoms with E-state index in [1.807, 2.05) is 18.2 Å². The molecule has 4 rings (SSSR count). The molecular weight excluding hydrogens is 446 g/mol. The molecule has 3 aromatic carbocycles. The van der Waals surface area contributed by atoms with Crippen LogP contribution in [0.2, 0.25) is 5.02 Å². The molecule has 0 aliphatic rings. The minimum Gasteiger partial charge on any atom is -0.496 e. The number of hydrogen-bond acceptors (Lipinski definition) is 7. The normalized spacial score (nSPS) is 10.6. The highest BCUT2D eigenvalue weighted by Crippen LogP contribution is 2.29. The molecular formula is C24H20ClN3O5. The Hall–Kier alpha value is -4.04. The first-order chi connectivity index (χ1) is 16.0. The molecule has 8 nitrogen and oxygen atoms in total. The number of ether oxygens (including phenoxy) is 3. The second-order valence-corrected chi connectivity index (χ2v) is 7.41. The average molecular weight is 466 g/mol. The first kappa shape index (κ1) is 22.2. The first-order valence-electron chi connectivity index (χ1n) is 9.93. The predicted octanol–water partition coefficient (Wildman–Crippen LogP) is 4.51. The fraction of sp³-hybridized carbons (Fsp3) is 0.125. The highest BCUT2D eigenvalue weighted by atomic mass is 35.5. The number of halogens is 1. The average Bonchev–Trinajstić information content (AvgIpc) is 3.33. The number of carbonyl (C=O) groups is 1. The lowest BCUT2D eigenvalue weighted by Gasteiger charge is -2.11. The standard InChI is InChI=1S/C24H20ClN3O5/c1-30-21-11-4-16(12-17(21)13-31-20-9-5-18(25)6-10-20)24-27-23(28-33-24)15-2-7-19(8-3-15)32-14-22(26)29/h2-12H,13-14H2,1H3,(H2,26,29). The number of rotatable bonds is 9. The summed E-state index contributed by atoms with van der Waals surface area (Å²) in [7, 11) is 1.60. The van der Waals surface area contributed by atoms with Gasteiger partial charge in [0.05, 0.1) is 7.11 Å². The number of primary amides is 1. The Morgan fingerprint density at radius 1 is 0.970 bits per heavy atom. The van der Waals surface area contributed by atoms with E-state index in [9.17, 15) is 4.79 Å². The van der Waals surface area contributed by atoms with Crippen molar-refractivity contribution in [3.8, 4) is 40.1 Å². The van der Waals surface area contributed by atoms with E-state index >= 15 is 0 Å². The van der Waals surface area contributed by atoms with Crippen LogP contribution in [0.5, 0.6) is 17.2 Å². The third-order valence-electron chi connectivity index (χ3n) is 4.65. The molecule has 0 atom stereocenters. The molecule has 1 heterocycles. The lowest BCUT2D eigenvalue weighted by atomic mass is 10.1. The second kappa shape index (κ2) is 10.1. The molecule has 0 saturated heterocycles. The van der Waals surface area contributed by atoms with Gasteiger partial charge >= 0.3 is 0 Å². The van der Waals surface area contributed by atoms with Crippen molar-refractivity contribution < 1.29 is 23.5 Å². The van der Waals surface area contributed by atoms with Gasteiger partial charge in [-0.1, -0.05) is 16.8 Å². The van der Waals surface area contributed by atoms with Crippen LogP contribution in [0.3, 0.4) is 0 Å². The van der Waals surface area contributed by atoms with Gasteiger partial charge in [0.15, 0.2) is 6.61 Å². The zero-order valence-electron chi connectivity index (χ0n) is 17.7. The molecule has 0 saturated carbocycles. The smallest absolute Gasteiger partial charge is 0.258 e. The Morgan fingerprint density at radius 3 is 2.33 bits per heavy atom. The monoisotopic (exact) mass is 465 g/mol.